The van der Waals surface area contributed by atoms with E-state index in [1.807, 2.05) is 18.2 Å². The van der Waals surface area contributed by atoms with Crippen molar-refractivity contribution in [3.63, 3.8) is 0 Å². The van der Waals surface area contributed by atoms with E-state index in [0.717, 1.165) is 23.0 Å². The smallest absolute Gasteiger partial charge is 0.200 e. The summed E-state index contributed by atoms with van der Waals surface area (Å²) in [6.45, 7) is 13.3. The maximum absolute atomic E-state index is 4.83. The monoisotopic (exact) mass is 386 g/mol. The van der Waals surface area contributed by atoms with Crippen LogP contribution in [0.15, 0.2) is 53.7 Å². The van der Waals surface area contributed by atoms with Crippen LogP contribution >= 0.6 is 0 Å². The number of aromatic nitrogens is 1. The van der Waals surface area contributed by atoms with Crippen LogP contribution in [0, 0.1) is 41.5 Å². The molecule has 4 nitrogen and oxygen atoms in total. The van der Waals surface area contributed by atoms with Crippen LogP contribution < -0.4 is 10.6 Å². The molecule has 0 aliphatic heterocycles. The van der Waals surface area contributed by atoms with Crippen LogP contribution in [0.4, 0.5) is 11.4 Å². The third-order valence-corrected chi connectivity index (χ3v) is 4.97. The van der Waals surface area contributed by atoms with Gasteiger partial charge in [-0.25, -0.2) is 4.99 Å². The fourth-order valence-electron chi connectivity index (χ4n) is 3.75. The summed E-state index contributed by atoms with van der Waals surface area (Å²) in [6, 6.07) is 14.7. The maximum atomic E-state index is 4.83. The summed E-state index contributed by atoms with van der Waals surface area (Å²) in [7, 11) is 0. The highest BCUT2D eigenvalue weighted by Gasteiger charge is 2.11. The molecule has 29 heavy (non-hydrogen) atoms. The Hall–Kier alpha value is -3.14. The van der Waals surface area contributed by atoms with E-state index < -0.39 is 0 Å². The summed E-state index contributed by atoms with van der Waals surface area (Å²) in [5, 5.41) is 7.08. The molecule has 2 N–H and O–H groups in total. The Labute approximate surface area is 174 Å². The van der Waals surface area contributed by atoms with Crippen LogP contribution in [-0.2, 0) is 6.54 Å². The van der Waals surface area contributed by atoms with E-state index >= 15 is 0 Å². The van der Waals surface area contributed by atoms with Crippen molar-refractivity contribution in [3.05, 3.63) is 87.7 Å². The van der Waals surface area contributed by atoms with E-state index in [4.69, 9.17) is 4.99 Å². The number of aryl methyl sites for hydroxylation is 6. The summed E-state index contributed by atoms with van der Waals surface area (Å²) in [5.74, 6) is 0.723. The van der Waals surface area contributed by atoms with Gasteiger partial charge in [0.15, 0.2) is 0 Å². The van der Waals surface area contributed by atoms with Gasteiger partial charge in [0.1, 0.15) is 0 Å². The van der Waals surface area contributed by atoms with Crippen molar-refractivity contribution in [2.45, 2.75) is 48.1 Å². The molecule has 0 spiro atoms. The molecule has 0 fully saturated rings. The first-order valence-corrected chi connectivity index (χ1v) is 9.97. The SMILES string of the molecule is Cc1cc(C)c(NC(=NCc2ccccn2)Nc2c(C)cc(C)cc2C)c(C)c1. The lowest BCUT2D eigenvalue weighted by Crippen LogP contribution is -2.24. The molecule has 1 aromatic heterocycles. The molecular formula is C25H30N4. The zero-order valence-corrected chi connectivity index (χ0v) is 18.2. The fourth-order valence-corrected chi connectivity index (χ4v) is 3.75. The number of hydrogen-bond donors (Lipinski definition) is 2. The molecule has 0 aliphatic carbocycles. The second-order valence-electron chi connectivity index (χ2n) is 7.78. The zero-order chi connectivity index (χ0) is 21.0. The largest absolute Gasteiger partial charge is 0.326 e. The van der Waals surface area contributed by atoms with Crippen molar-refractivity contribution in [1.29, 1.82) is 0 Å². The molecule has 0 amide bonds. The number of guanidine groups is 1. The zero-order valence-electron chi connectivity index (χ0n) is 18.2. The van der Waals surface area contributed by atoms with Gasteiger partial charge in [0.25, 0.3) is 0 Å². The van der Waals surface area contributed by atoms with E-state index in [0.29, 0.717) is 6.54 Å². The second-order valence-corrected chi connectivity index (χ2v) is 7.78. The molecule has 3 rings (SSSR count). The third-order valence-electron chi connectivity index (χ3n) is 4.97. The number of pyridine rings is 1. The lowest BCUT2D eigenvalue weighted by Gasteiger charge is -2.19. The maximum Gasteiger partial charge on any atom is 0.200 e. The van der Waals surface area contributed by atoms with E-state index in [1.165, 1.54) is 33.4 Å². The Kier molecular flexibility index (Phi) is 6.32. The highest BCUT2D eigenvalue weighted by Crippen LogP contribution is 2.25. The van der Waals surface area contributed by atoms with Crippen LogP contribution in [0.3, 0.4) is 0 Å². The van der Waals surface area contributed by atoms with Gasteiger partial charge in [-0.15, -0.1) is 0 Å². The minimum Gasteiger partial charge on any atom is -0.326 e. The standard InChI is InChI=1S/C25H30N4/c1-16-11-18(3)23(19(4)12-16)28-25(27-15-22-9-7-8-10-26-22)29-24-20(5)13-17(2)14-21(24)6/h7-14H,15H2,1-6H3,(H2,27,28,29). The minimum atomic E-state index is 0.504. The highest BCUT2D eigenvalue weighted by molar-refractivity contribution is 6.05. The van der Waals surface area contributed by atoms with Gasteiger partial charge in [0, 0.05) is 17.6 Å². The number of nitrogens with one attached hydrogen (secondary N) is 2. The number of nitrogens with zero attached hydrogens (tertiary/aromatic N) is 2. The van der Waals surface area contributed by atoms with Crippen molar-refractivity contribution in [3.8, 4) is 0 Å². The van der Waals surface area contributed by atoms with Crippen molar-refractivity contribution >= 4 is 17.3 Å². The van der Waals surface area contributed by atoms with Crippen LogP contribution in [0.2, 0.25) is 0 Å². The first-order chi connectivity index (χ1) is 13.8. The van der Waals surface area contributed by atoms with Gasteiger partial charge in [0.05, 0.1) is 12.2 Å². The summed E-state index contributed by atoms with van der Waals surface area (Å²) >= 11 is 0. The van der Waals surface area contributed by atoms with Gasteiger partial charge in [-0.1, -0.05) is 41.5 Å². The highest BCUT2D eigenvalue weighted by atomic mass is 15.2. The molecule has 4 heteroatoms. The van der Waals surface area contributed by atoms with E-state index in [9.17, 15) is 0 Å². The predicted octanol–water partition coefficient (Wildman–Crippen LogP) is 6.01. The number of rotatable bonds is 4. The van der Waals surface area contributed by atoms with E-state index in [1.54, 1.807) is 6.20 Å². The summed E-state index contributed by atoms with van der Waals surface area (Å²) in [6.07, 6.45) is 1.80. The van der Waals surface area contributed by atoms with Crippen LogP contribution in [0.1, 0.15) is 39.1 Å². The molecule has 0 saturated heterocycles. The average molecular weight is 387 g/mol. The lowest BCUT2D eigenvalue weighted by atomic mass is 10.0. The Morgan fingerprint density at radius 3 is 1.66 bits per heavy atom. The quantitative estimate of drug-likeness (QED) is 0.426. The van der Waals surface area contributed by atoms with Gasteiger partial charge in [-0.3, -0.25) is 4.98 Å². The van der Waals surface area contributed by atoms with Crippen molar-refractivity contribution in [2.75, 3.05) is 10.6 Å². The molecule has 0 bridgehead atoms. The first-order valence-electron chi connectivity index (χ1n) is 9.97. The van der Waals surface area contributed by atoms with Crippen molar-refractivity contribution in [1.82, 2.24) is 4.98 Å². The van der Waals surface area contributed by atoms with E-state index in [-0.39, 0.29) is 0 Å². The third kappa shape index (κ3) is 5.23. The summed E-state index contributed by atoms with van der Waals surface area (Å²) in [5.41, 5.74) is 10.4. The first kappa shape index (κ1) is 20.6. The van der Waals surface area contributed by atoms with Crippen LogP contribution in [0.5, 0.6) is 0 Å². The lowest BCUT2D eigenvalue weighted by molar-refractivity contribution is 0.987. The number of anilines is 2. The molecule has 2 aromatic carbocycles. The molecule has 0 radical (unpaired) electrons. The predicted molar refractivity (Wildman–Crippen MR) is 124 cm³/mol. The minimum absolute atomic E-state index is 0.504. The summed E-state index contributed by atoms with van der Waals surface area (Å²) in [4.78, 5) is 9.22. The molecule has 1 heterocycles. The molecule has 0 unspecified atom stereocenters. The molecular weight excluding hydrogens is 356 g/mol. The Morgan fingerprint density at radius 1 is 0.759 bits per heavy atom. The number of benzene rings is 2. The Balaban J connectivity index is 1.96. The molecule has 3 aromatic rings. The molecule has 0 saturated carbocycles. The van der Waals surface area contributed by atoms with Gasteiger partial charge >= 0.3 is 0 Å². The Bertz CT molecular complexity index is 928. The van der Waals surface area contributed by atoms with Crippen molar-refractivity contribution in [2.24, 2.45) is 4.99 Å². The molecule has 0 atom stereocenters. The fraction of sp³-hybridized carbons (Fsp3) is 0.280. The topological polar surface area (TPSA) is 49.3 Å². The normalized spacial score (nSPS) is 10.6. The van der Waals surface area contributed by atoms with Crippen LogP contribution in [-0.4, -0.2) is 10.9 Å². The number of hydrogen-bond acceptors (Lipinski definition) is 2. The van der Waals surface area contributed by atoms with Gasteiger partial charge in [-0.2, -0.15) is 0 Å². The second kappa shape index (κ2) is 8.91. The van der Waals surface area contributed by atoms with Crippen LogP contribution in [0.25, 0.3) is 0 Å². The van der Waals surface area contributed by atoms with Gasteiger partial charge in [-0.05, 0) is 75.9 Å². The Morgan fingerprint density at radius 2 is 1.24 bits per heavy atom. The van der Waals surface area contributed by atoms with Crippen molar-refractivity contribution < 1.29 is 0 Å². The van der Waals surface area contributed by atoms with Gasteiger partial charge < -0.3 is 10.6 Å². The summed E-state index contributed by atoms with van der Waals surface area (Å²) < 4.78 is 0. The molecule has 150 valence electrons. The van der Waals surface area contributed by atoms with Gasteiger partial charge in [0.2, 0.25) is 5.96 Å². The van der Waals surface area contributed by atoms with E-state index in [2.05, 4.69) is 81.4 Å². The molecule has 0 aliphatic rings. The average Bonchev–Trinajstić information content (AvgIpc) is 2.65. The number of aliphatic imine (C=N–C) groups is 1.